The first-order valence-electron chi connectivity index (χ1n) is 6.12. The van der Waals surface area contributed by atoms with E-state index in [0.29, 0.717) is 17.7 Å². The molecule has 1 unspecified atom stereocenters. The molecule has 0 radical (unpaired) electrons. The van der Waals surface area contributed by atoms with Crippen LogP contribution in [0.2, 0.25) is 0 Å². The Kier molecular flexibility index (Phi) is 4.84. The third-order valence-corrected chi connectivity index (χ3v) is 3.08. The van der Waals surface area contributed by atoms with E-state index in [0.717, 1.165) is 6.42 Å². The highest BCUT2D eigenvalue weighted by molar-refractivity contribution is 5.68. The summed E-state index contributed by atoms with van der Waals surface area (Å²) in [4.78, 5) is 11.0. The zero-order valence-electron chi connectivity index (χ0n) is 11.1. The van der Waals surface area contributed by atoms with Gasteiger partial charge in [0.15, 0.2) is 0 Å². The third kappa shape index (κ3) is 3.53. The Balaban J connectivity index is 3.07. The lowest BCUT2D eigenvalue weighted by Crippen LogP contribution is -2.42. The Hall–Kier alpha value is -1.42. The van der Waals surface area contributed by atoms with Gasteiger partial charge in [-0.3, -0.25) is 4.79 Å². The standard InChI is InChI=1S/C14H20FNO2/c1-4-7-16-14(3,9-13(17)18)11-6-5-10(2)12(15)8-11/h5-6,8,16H,4,7,9H2,1-3H3,(H,17,18). The number of carboxylic acid groups (broad SMARTS) is 1. The molecule has 0 saturated heterocycles. The van der Waals surface area contributed by atoms with Gasteiger partial charge >= 0.3 is 5.97 Å². The predicted molar refractivity (Wildman–Crippen MR) is 69.0 cm³/mol. The maximum Gasteiger partial charge on any atom is 0.305 e. The molecular weight excluding hydrogens is 233 g/mol. The van der Waals surface area contributed by atoms with Crippen molar-refractivity contribution in [2.45, 2.75) is 39.2 Å². The number of rotatable bonds is 6. The molecule has 100 valence electrons. The molecule has 3 nitrogen and oxygen atoms in total. The number of nitrogens with one attached hydrogen (secondary N) is 1. The van der Waals surface area contributed by atoms with E-state index in [1.165, 1.54) is 6.07 Å². The zero-order valence-corrected chi connectivity index (χ0v) is 11.1. The summed E-state index contributed by atoms with van der Waals surface area (Å²) in [5.41, 5.74) is 0.490. The topological polar surface area (TPSA) is 49.3 Å². The Morgan fingerprint density at radius 2 is 2.17 bits per heavy atom. The van der Waals surface area contributed by atoms with Gasteiger partial charge in [-0.05, 0) is 44.0 Å². The second kappa shape index (κ2) is 5.96. The van der Waals surface area contributed by atoms with Crippen molar-refractivity contribution in [1.29, 1.82) is 0 Å². The average Bonchev–Trinajstić information content (AvgIpc) is 2.29. The van der Waals surface area contributed by atoms with Gasteiger partial charge in [0, 0.05) is 0 Å². The molecule has 0 spiro atoms. The van der Waals surface area contributed by atoms with Gasteiger partial charge in [-0.15, -0.1) is 0 Å². The summed E-state index contributed by atoms with van der Waals surface area (Å²) < 4.78 is 13.6. The zero-order chi connectivity index (χ0) is 13.8. The smallest absolute Gasteiger partial charge is 0.305 e. The van der Waals surface area contributed by atoms with Gasteiger partial charge in [-0.1, -0.05) is 19.1 Å². The summed E-state index contributed by atoms with van der Waals surface area (Å²) in [6.07, 6.45) is 0.819. The molecule has 1 aromatic rings. The number of benzene rings is 1. The number of hydrogen-bond acceptors (Lipinski definition) is 2. The minimum atomic E-state index is -0.901. The van der Waals surface area contributed by atoms with E-state index in [1.807, 2.05) is 6.92 Å². The molecular formula is C14H20FNO2. The summed E-state index contributed by atoms with van der Waals surface area (Å²) in [5, 5.41) is 12.2. The summed E-state index contributed by atoms with van der Waals surface area (Å²) in [5.74, 6) is -1.20. The van der Waals surface area contributed by atoms with Crippen LogP contribution in [0, 0.1) is 12.7 Å². The number of aryl methyl sites for hydroxylation is 1. The fourth-order valence-electron chi connectivity index (χ4n) is 1.91. The van der Waals surface area contributed by atoms with Crippen molar-refractivity contribution in [1.82, 2.24) is 5.32 Å². The molecule has 0 aromatic heterocycles. The SMILES string of the molecule is CCCNC(C)(CC(=O)O)c1ccc(C)c(F)c1. The van der Waals surface area contributed by atoms with E-state index in [2.05, 4.69) is 5.32 Å². The van der Waals surface area contributed by atoms with E-state index < -0.39 is 11.5 Å². The van der Waals surface area contributed by atoms with Gasteiger partial charge in [0.2, 0.25) is 0 Å². The lowest BCUT2D eigenvalue weighted by molar-refractivity contribution is -0.138. The maximum absolute atomic E-state index is 13.6. The van der Waals surface area contributed by atoms with Crippen molar-refractivity contribution in [3.8, 4) is 0 Å². The van der Waals surface area contributed by atoms with Crippen LogP contribution < -0.4 is 5.32 Å². The summed E-state index contributed by atoms with van der Waals surface area (Å²) >= 11 is 0. The molecule has 0 fully saturated rings. The minimum Gasteiger partial charge on any atom is -0.481 e. The van der Waals surface area contributed by atoms with Crippen LogP contribution in [-0.4, -0.2) is 17.6 Å². The van der Waals surface area contributed by atoms with Crippen LogP contribution in [0.15, 0.2) is 18.2 Å². The molecule has 1 atom stereocenters. The van der Waals surface area contributed by atoms with Gasteiger partial charge in [0.05, 0.1) is 12.0 Å². The van der Waals surface area contributed by atoms with Crippen LogP contribution in [0.1, 0.15) is 37.8 Å². The van der Waals surface area contributed by atoms with Crippen LogP contribution in [0.25, 0.3) is 0 Å². The number of carboxylic acids is 1. The van der Waals surface area contributed by atoms with E-state index in [9.17, 15) is 9.18 Å². The first kappa shape index (κ1) is 14.6. The molecule has 1 rings (SSSR count). The van der Waals surface area contributed by atoms with Crippen molar-refractivity contribution in [2.75, 3.05) is 6.54 Å². The normalized spacial score (nSPS) is 14.2. The van der Waals surface area contributed by atoms with Crippen molar-refractivity contribution < 1.29 is 14.3 Å². The van der Waals surface area contributed by atoms with Crippen LogP contribution in [0.3, 0.4) is 0 Å². The average molecular weight is 253 g/mol. The Bertz CT molecular complexity index is 434. The second-order valence-corrected chi connectivity index (χ2v) is 4.79. The van der Waals surface area contributed by atoms with Crippen LogP contribution in [0.5, 0.6) is 0 Å². The summed E-state index contributed by atoms with van der Waals surface area (Å²) in [6, 6.07) is 4.88. The first-order chi connectivity index (χ1) is 8.39. The molecule has 0 amide bonds. The highest BCUT2D eigenvalue weighted by Crippen LogP contribution is 2.26. The lowest BCUT2D eigenvalue weighted by atomic mass is 9.87. The van der Waals surface area contributed by atoms with E-state index in [1.54, 1.807) is 26.0 Å². The van der Waals surface area contributed by atoms with Crippen molar-refractivity contribution >= 4 is 5.97 Å². The molecule has 0 heterocycles. The highest BCUT2D eigenvalue weighted by atomic mass is 19.1. The molecule has 2 N–H and O–H groups in total. The third-order valence-electron chi connectivity index (χ3n) is 3.08. The maximum atomic E-state index is 13.6. The predicted octanol–water partition coefficient (Wildman–Crippen LogP) is 2.82. The first-order valence-corrected chi connectivity index (χ1v) is 6.12. The quantitative estimate of drug-likeness (QED) is 0.819. The Morgan fingerprint density at radius 3 is 2.67 bits per heavy atom. The molecule has 0 bridgehead atoms. The number of halogens is 1. The number of hydrogen-bond donors (Lipinski definition) is 2. The largest absolute Gasteiger partial charge is 0.481 e. The summed E-state index contributed by atoms with van der Waals surface area (Å²) in [7, 11) is 0. The van der Waals surface area contributed by atoms with Crippen LogP contribution in [-0.2, 0) is 10.3 Å². The van der Waals surface area contributed by atoms with E-state index >= 15 is 0 Å². The van der Waals surface area contributed by atoms with Crippen LogP contribution >= 0.6 is 0 Å². The second-order valence-electron chi connectivity index (χ2n) is 4.79. The molecule has 4 heteroatoms. The van der Waals surface area contributed by atoms with E-state index in [4.69, 9.17) is 5.11 Å². The van der Waals surface area contributed by atoms with Gasteiger partial charge in [-0.2, -0.15) is 0 Å². The minimum absolute atomic E-state index is 0.0739. The molecule has 0 saturated carbocycles. The van der Waals surface area contributed by atoms with E-state index in [-0.39, 0.29) is 12.2 Å². The fourth-order valence-corrected chi connectivity index (χ4v) is 1.91. The molecule has 0 aliphatic heterocycles. The van der Waals surface area contributed by atoms with Gasteiger partial charge in [0.1, 0.15) is 5.82 Å². The monoisotopic (exact) mass is 253 g/mol. The number of aliphatic carboxylic acids is 1. The molecule has 0 aliphatic rings. The molecule has 18 heavy (non-hydrogen) atoms. The summed E-state index contributed by atoms with van der Waals surface area (Å²) in [6.45, 7) is 6.18. The molecule has 1 aromatic carbocycles. The molecule has 0 aliphatic carbocycles. The van der Waals surface area contributed by atoms with Crippen LogP contribution in [0.4, 0.5) is 4.39 Å². The fraction of sp³-hybridized carbons (Fsp3) is 0.500. The Labute approximate surface area is 107 Å². The van der Waals surface area contributed by atoms with Crippen molar-refractivity contribution in [3.63, 3.8) is 0 Å². The van der Waals surface area contributed by atoms with Gasteiger partial charge in [-0.25, -0.2) is 4.39 Å². The van der Waals surface area contributed by atoms with Crippen molar-refractivity contribution in [3.05, 3.63) is 35.1 Å². The van der Waals surface area contributed by atoms with Crippen molar-refractivity contribution in [2.24, 2.45) is 0 Å². The van der Waals surface area contributed by atoms with Gasteiger partial charge < -0.3 is 10.4 Å². The number of carbonyl (C=O) groups is 1. The van der Waals surface area contributed by atoms with Gasteiger partial charge in [0.25, 0.3) is 0 Å². The highest BCUT2D eigenvalue weighted by Gasteiger charge is 2.29. The Morgan fingerprint density at radius 1 is 1.50 bits per heavy atom. The lowest BCUT2D eigenvalue weighted by Gasteiger charge is -2.30.